The zero-order valence-electron chi connectivity index (χ0n) is 10.6. The normalized spacial score (nSPS) is 21.2. The van der Waals surface area contributed by atoms with Gasteiger partial charge in [-0.05, 0) is 43.5 Å². The Hall–Kier alpha value is -0.280. The summed E-state index contributed by atoms with van der Waals surface area (Å²) in [5, 5.41) is 4.88. The Balaban J connectivity index is 2.12. The molecule has 0 aromatic heterocycles. The highest BCUT2D eigenvalue weighted by Gasteiger charge is 2.22. The maximum atomic E-state index is 6.28. The van der Waals surface area contributed by atoms with E-state index >= 15 is 0 Å². The van der Waals surface area contributed by atoms with Crippen molar-refractivity contribution in [2.24, 2.45) is 0 Å². The van der Waals surface area contributed by atoms with E-state index in [1.54, 1.807) is 6.07 Å². The molecule has 1 aromatic carbocycles. The highest BCUT2D eigenvalue weighted by molar-refractivity contribution is 6.35. The number of halogens is 2. The average molecular weight is 288 g/mol. The molecule has 2 unspecified atom stereocenters. The van der Waals surface area contributed by atoms with Gasteiger partial charge in [0.2, 0.25) is 0 Å². The van der Waals surface area contributed by atoms with Crippen molar-refractivity contribution in [3.63, 3.8) is 0 Å². The summed E-state index contributed by atoms with van der Waals surface area (Å²) >= 11 is 12.2. The Kier molecular flexibility index (Phi) is 5.31. The van der Waals surface area contributed by atoms with E-state index in [0.717, 1.165) is 43.0 Å². The third-order valence-electron chi connectivity index (χ3n) is 3.31. The van der Waals surface area contributed by atoms with Gasteiger partial charge in [0.15, 0.2) is 0 Å². The summed E-state index contributed by atoms with van der Waals surface area (Å²) in [6, 6.07) is 5.94. The molecule has 0 spiro atoms. The van der Waals surface area contributed by atoms with Gasteiger partial charge in [0.25, 0.3) is 0 Å². The molecule has 0 saturated carbocycles. The van der Waals surface area contributed by atoms with Crippen molar-refractivity contribution in [3.05, 3.63) is 33.8 Å². The number of nitrogens with one attached hydrogen (secondary N) is 1. The maximum absolute atomic E-state index is 6.28. The van der Waals surface area contributed by atoms with Crippen LogP contribution in [0.3, 0.4) is 0 Å². The summed E-state index contributed by atoms with van der Waals surface area (Å²) < 4.78 is 5.71. The molecule has 4 heteroatoms. The van der Waals surface area contributed by atoms with E-state index in [4.69, 9.17) is 27.9 Å². The van der Waals surface area contributed by atoms with Gasteiger partial charge in [0.05, 0.1) is 6.10 Å². The highest BCUT2D eigenvalue weighted by Crippen LogP contribution is 2.31. The number of hydrogen-bond acceptors (Lipinski definition) is 2. The molecule has 0 radical (unpaired) electrons. The average Bonchev–Trinajstić information content (AvgIpc) is 2.81. The van der Waals surface area contributed by atoms with Gasteiger partial charge in [-0.1, -0.05) is 36.2 Å². The van der Waals surface area contributed by atoms with E-state index in [0.29, 0.717) is 11.1 Å². The molecule has 100 valence electrons. The molecule has 0 bridgehead atoms. The molecule has 2 atom stereocenters. The Morgan fingerprint density at radius 2 is 2.28 bits per heavy atom. The summed E-state index contributed by atoms with van der Waals surface area (Å²) in [4.78, 5) is 0. The van der Waals surface area contributed by atoms with Crippen LogP contribution in [0.4, 0.5) is 0 Å². The van der Waals surface area contributed by atoms with Gasteiger partial charge in [-0.3, -0.25) is 0 Å². The lowest BCUT2D eigenvalue weighted by Gasteiger charge is -2.22. The van der Waals surface area contributed by atoms with E-state index in [2.05, 4.69) is 12.2 Å². The lowest BCUT2D eigenvalue weighted by atomic mass is 9.99. The molecule has 1 heterocycles. The van der Waals surface area contributed by atoms with Crippen molar-refractivity contribution < 1.29 is 4.74 Å². The topological polar surface area (TPSA) is 21.3 Å². The van der Waals surface area contributed by atoms with Crippen LogP contribution in [0, 0.1) is 0 Å². The molecule has 1 fully saturated rings. The highest BCUT2D eigenvalue weighted by atomic mass is 35.5. The van der Waals surface area contributed by atoms with Crippen molar-refractivity contribution >= 4 is 23.2 Å². The predicted molar refractivity (Wildman–Crippen MR) is 76.5 cm³/mol. The number of hydrogen-bond donors (Lipinski definition) is 1. The van der Waals surface area contributed by atoms with E-state index in [1.165, 1.54) is 0 Å². The van der Waals surface area contributed by atoms with Gasteiger partial charge in [0.1, 0.15) is 0 Å². The summed E-state index contributed by atoms with van der Waals surface area (Å²) in [6.45, 7) is 3.90. The molecule has 1 aliphatic rings. The third-order valence-corrected chi connectivity index (χ3v) is 3.87. The van der Waals surface area contributed by atoms with Crippen molar-refractivity contribution in [2.75, 3.05) is 13.2 Å². The number of ether oxygens (including phenoxy) is 1. The molecule has 0 aliphatic carbocycles. The van der Waals surface area contributed by atoms with Gasteiger partial charge >= 0.3 is 0 Å². The summed E-state index contributed by atoms with van der Waals surface area (Å²) in [5.74, 6) is 0. The molecular weight excluding hydrogens is 269 g/mol. The summed E-state index contributed by atoms with van der Waals surface area (Å²) in [6.07, 6.45) is 3.63. The molecule has 1 aliphatic heterocycles. The lowest BCUT2D eigenvalue weighted by molar-refractivity contribution is 0.0948. The Morgan fingerprint density at radius 1 is 1.44 bits per heavy atom. The molecular formula is C14H19Cl2NO. The first kappa shape index (κ1) is 14.1. The molecule has 0 amide bonds. The first-order valence-corrected chi connectivity index (χ1v) is 7.26. The minimum absolute atomic E-state index is 0.239. The van der Waals surface area contributed by atoms with Gasteiger partial charge in [-0.2, -0.15) is 0 Å². The lowest BCUT2D eigenvalue weighted by Crippen LogP contribution is -2.25. The molecule has 1 N–H and O–H groups in total. The fraction of sp³-hybridized carbons (Fsp3) is 0.571. The standard InChI is InChI=1S/C14H19Cl2NO/c1-2-17-14(9-11-4-3-7-18-11)12-6-5-10(15)8-13(12)16/h5-6,8,11,14,17H,2-4,7,9H2,1H3. The maximum Gasteiger partial charge on any atom is 0.0594 e. The van der Waals surface area contributed by atoms with Gasteiger partial charge in [0, 0.05) is 22.7 Å². The zero-order chi connectivity index (χ0) is 13.0. The predicted octanol–water partition coefficient (Wildman–Crippen LogP) is 4.21. The molecule has 2 nitrogen and oxygen atoms in total. The van der Waals surface area contributed by atoms with Crippen LogP contribution in [0.15, 0.2) is 18.2 Å². The van der Waals surface area contributed by atoms with Crippen molar-refractivity contribution in [1.82, 2.24) is 5.32 Å². The van der Waals surface area contributed by atoms with Gasteiger partial charge in [-0.25, -0.2) is 0 Å². The largest absolute Gasteiger partial charge is 0.378 e. The van der Waals surface area contributed by atoms with Crippen LogP contribution in [0.25, 0.3) is 0 Å². The van der Waals surface area contributed by atoms with E-state index in [1.807, 2.05) is 12.1 Å². The molecule has 2 rings (SSSR count). The van der Waals surface area contributed by atoms with Crippen LogP contribution < -0.4 is 5.32 Å². The fourth-order valence-corrected chi connectivity index (χ4v) is 2.98. The first-order valence-electron chi connectivity index (χ1n) is 6.50. The first-order chi connectivity index (χ1) is 8.70. The minimum atomic E-state index is 0.239. The van der Waals surface area contributed by atoms with Gasteiger partial charge < -0.3 is 10.1 Å². The van der Waals surface area contributed by atoms with Crippen LogP contribution in [0.2, 0.25) is 10.0 Å². The second-order valence-electron chi connectivity index (χ2n) is 4.65. The second kappa shape index (κ2) is 6.76. The van der Waals surface area contributed by atoms with Crippen molar-refractivity contribution in [3.8, 4) is 0 Å². The Morgan fingerprint density at radius 3 is 2.89 bits per heavy atom. The molecule has 18 heavy (non-hydrogen) atoms. The van der Waals surface area contributed by atoms with Crippen LogP contribution >= 0.6 is 23.2 Å². The quantitative estimate of drug-likeness (QED) is 0.876. The van der Waals surface area contributed by atoms with E-state index in [9.17, 15) is 0 Å². The SMILES string of the molecule is CCNC(CC1CCCO1)c1ccc(Cl)cc1Cl. The minimum Gasteiger partial charge on any atom is -0.378 e. The smallest absolute Gasteiger partial charge is 0.0594 e. The van der Waals surface area contributed by atoms with E-state index in [-0.39, 0.29) is 6.04 Å². The third kappa shape index (κ3) is 3.61. The van der Waals surface area contributed by atoms with E-state index < -0.39 is 0 Å². The van der Waals surface area contributed by atoms with Gasteiger partial charge in [-0.15, -0.1) is 0 Å². The summed E-state index contributed by atoms with van der Waals surface area (Å²) in [7, 11) is 0. The van der Waals surface area contributed by atoms with Crippen molar-refractivity contribution in [2.45, 2.75) is 38.3 Å². The van der Waals surface area contributed by atoms with Crippen molar-refractivity contribution in [1.29, 1.82) is 0 Å². The monoisotopic (exact) mass is 287 g/mol. The summed E-state index contributed by atoms with van der Waals surface area (Å²) in [5.41, 5.74) is 1.11. The number of benzene rings is 1. The Labute approximate surface area is 119 Å². The van der Waals surface area contributed by atoms with Crippen LogP contribution in [-0.4, -0.2) is 19.3 Å². The second-order valence-corrected chi connectivity index (χ2v) is 5.49. The molecule has 1 saturated heterocycles. The van der Waals surface area contributed by atoms with Crippen LogP contribution in [0.5, 0.6) is 0 Å². The van der Waals surface area contributed by atoms with Crippen LogP contribution in [0.1, 0.15) is 37.8 Å². The molecule has 1 aromatic rings. The zero-order valence-corrected chi connectivity index (χ0v) is 12.1. The number of rotatable bonds is 5. The van der Waals surface area contributed by atoms with Crippen LogP contribution in [-0.2, 0) is 4.74 Å². The Bertz CT molecular complexity index is 391. The fourth-order valence-electron chi connectivity index (χ4n) is 2.44.